The number of allylic oxidation sites excluding steroid dienone is 2. The van der Waals surface area contributed by atoms with Gasteiger partial charge in [0.2, 0.25) is 0 Å². The Bertz CT molecular complexity index is 5750. The molecule has 562 valence electrons. The van der Waals surface area contributed by atoms with Gasteiger partial charge in [-0.05, 0) is 208 Å². The van der Waals surface area contributed by atoms with E-state index in [0.29, 0.717) is 61.3 Å². The van der Waals surface area contributed by atoms with Crippen molar-refractivity contribution in [3.8, 4) is 33.4 Å². The molecule has 28 heteroatoms. The maximum absolute atomic E-state index is 13.2. The Morgan fingerprint density at radius 3 is 1.15 bits per heavy atom. The van der Waals surface area contributed by atoms with Crippen LogP contribution < -0.4 is 32.6 Å². The summed E-state index contributed by atoms with van der Waals surface area (Å²) < 4.78 is 122. The zero-order valence-electron chi connectivity index (χ0n) is 59.9. The molecular weight excluding hydrogens is 1440 g/mol. The van der Waals surface area contributed by atoms with Crippen LogP contribution in [0.25, 0.3) is 72.2 Å². The molecular formula is C81H72BClF9N9O8. The first-order chi connectivity index (χ1) is 51.5. The lowest BCUT2D eigenvalue weighted by molar-refractivity contribution is -0.138. The third-order valence-electron chi connectivity index (χ3n) is 17.3. The van der Waals surface area contributed by atoms with E-state index in [1.807, 2.05) is 52.0 Å². The Balaban J connectivity index is 0.000000199. The molecule has 5 N–H and O–H groups in total. The fourth-order valence-corrected chi connectivity index (χ4v) is 11.8. The Morgan fingerprint density at radius 1 is 0.468 bits per heavy atom. The lowest BCUT2D eigenvalue weighted by atomic mass is 9.92. The summed E-state index contributed by atoms with van der Waals surface area (Å²) in [7, 11) is 3.73. The lowest BCUT2D eigenvalue weighted by Crippen LogP contribution is -2.20. The number of halogens is 10. The van der Waals surface area contributed by atoms with Gasteiger partial charge in [0, 0.05) is 113 Å². The van der Waals surface area contributed by atoms with Crippen LogP contribution in [0.5, 0.6) is 0 Å². The number of aryl methyl sites for hydroxylation is 7. The average Bonchev–Trinajstić information content (AvgIpc) is 0.780. The molecule has 0 bridgehead atoms. The molecule has 6 aromatic heterocycles. The number of nitrogens with one attached hydrogen (secondary N) is 3. The number of alkyl halides is 9. The third-order valence-corrected chi connectivity index (χ3v) is 17.5. The second-order valence-corrected chi connectivity index (χ2v) is 25.5. The van der Waals surface area contributed by atoms with Gasteiger partial charge in [0.1, 0.15) is 5.15 Å². The number of aromatic nitrogens is 6. The molecule has 0 atom stereocenters. The average molecular weight is 1520 g/mol. The van der Waals surface area contributed by atoms with Gasteiger partial charge in [-0.25, -0.2) is 4.98 Å². The molecule has 0 fully saturated rings. The molecule has 0 aliphatic rings. The van der Waals surface area contributed by atoms with Crippen LogP contribution in [0.2, 0.25) is 5.15 Å². The van der Waals surface area contributed by atoms with Gasteiger partial charge >= 0.3 is 25.6 Å². The zero-order chi connectivity index (χ0) is 79.6. The molecule has 6 heterocycles. The van der Waals surface area contributed by atoms with Crippen molar-refractivity contribution in [1.29, 1.82) is 0 Å². The number of hydrogen-bond donors (Lipinski definition) is 5. The van der Waals surface area contributed by atoms with Crippen molar-refractivity contribution in [1.82, 2.24) is 28.7 Å². The number of carbonyl (C=O) groups excluding carboxylic acids is 3. The maximum Gasteiger partial charge on any atom is 0.480 e. The van der Waals surface area contributed by atoms with Crippen LogP contribution in [-0.2, 0) is 46.1 Å². The van der Waals surface area contributed by atoms with E-state index in [1.54, 1.807) is 141 Å². The second-order valence-electron chi connectivity index (χ2n) is 25.1. The van der Waals surface area contributed by atoms with E-state index < -0.39 is 60.1 Å². The molecule has 0 saturated heterocycles. The summed E-state index contributed by atoms with van der Waals surface area (Å²) in [5, 5.41) is 26.5. The topological polar surface area (TPSA) is 232 Å². The van der Waals surface area contributed by atoms with Gasteiger partial charge in [-0.15, -0.1) is 0 Å². The molecule has 3 amide bonds. The summed E-state index contributed by atoms with van der Waals surface area (Å²) in [5.41, 5.74) is 6.54. The summed E-state index contributed by atoms with van der Waals surface area (Å²) in [4.78, 5) is 90.3. The van der Waals surface area contributed by atoms with Crippen LogP contribution in [-0.4, -0.2) is 63.5 Å². The van der Waals surface area contributed by atoms with Crippen molar-refractivity contribution in [2.24, 2.45) is 21.1 Å². The minimum absolute atomic E-state index is 0. The monoisotopic (exact) mass is 1520 g/mol. The van der Waals surface area contributed by atoms with Crippen molar-refractivity contribution in [3.05, 3.63) is 298 Å². The predicted molar refractivity (Wildman–Crippen MR) is 410 cm³/mol. The number of rotatable bonds is 13. The zero-order valence-corrected chi connectivity index (χ0v) is 60.7. The van der Waals surface area contributed by atoms with Crippen molar-refractivity contribution in [3.63, 3.8) is 0 Å². The van der Waals surface area contributed by atoms with E-state index in [1.165, 1.54) is 46.9 Å². The normalized spacial score (nSPS) is 11.6. The fraction of sp³-hybridized carbons (Fsp3) is 0.173. The highest BCUT2D eigenvalue weighted by Gasteiger charge is 2.33. The minimum Gasteiger partial charge on any atom is -0.424 e. The molecule has 0 aliphatic heterocycles. The van der Waals surface area contributed by atoms with Crippen LogP contribution in [0.1, 0.15) is 104 Å². The van der Waals surface area contributed by atoms with E-state index in [0.717, 1.165) is 99.1 Å². The van der Waals surface area contributed by atoms with Crippen LogP contribution in [0.3, 0.4) is 0 Å². The quantitative estimate of drug-likeness (QED) is 0.0414. The van der Waals surface area contributed by atoms with Gasteiger partial charge < -0.3 is 39.7 Å². The van der Waals surface area contributed by atoms with E-state index in [-0.39, 0.29) is 39.9 Å². The van der Waals surface area contributed by atoms with Crippen LogP contribution in [0, 0.1) is 20.8 Å². The number of hydrogen-bond acceptors (Lipinski definition) is 11. The molecule has 0 aliphatic carbocycles. The molecule has 6 aromatic carbocycles. The first-order valence-corrected chi connectivity index (χ1v) is 33.9. The summed E-state index contributed by atoms with van der Waals surface area (Å²) in [6.45, 7) is 11.2. The van der Waals surface area contributed by atoms with E-state index in [9.17, 15) is 68.3 Å². The smallest absolute Gasteiger partial charge is 0.424 e. The Morgan fingerprint density at radius 2 is 0.817 bits per heavy atom. The molecule has 0 spiro atoms. The summed E-state index contributed by atoms with van der Waals surface area (Å²) in [6.07, 6.45) is -1.59. The molecule has 0 unspecified atom stereocenters. The highest BCUT2D eigenvalue weighted by Crippen LogP contribution is 2.35. The van der Waals surface area contributed by atoms with Gasteiger partial charge in [0.15, 0.2) is 0 Å². The number of pyridine rings is 6. The van der Waals surface area contributed by atoms with Crippen molar-refractivity contribution < 1.29 is 65.4 Å². The first-order valence-electron chi connectivity index (χ1n) is 33.5. The molecule has 0 radical (unpaired) electrons. The number of fused-ring (bicyclic) bond motifs is 3. The van der Waals surface area contributed by atoms with Gasteiger partial charge in [-0.3, -0.25) is 38.7 Å². The van der Waals surface area contributed by atoms with E-state index in [4.69, 9.17) is 21.6 Å². The summed E-state index contributed by atoms with van der Waals surface area (Å²) in [5.74, 6) is -0.774. The maximum atomic E-state index is 13.2. The number of nitrogens with zero attached hydrogens (tertiary/aromatic N) is 6. The van der Waals surface area contributed by atoms with Gasteiger partial charge in [0.25, 0.3) is 34.4 Å². The molecule has 109 heavy (non-hydrogen) atoms. The second kappa shape index (κ2) is 34.2. The van der Waals surface area contributed by atoms with Gasteiger partial charge in [-0.2, -0.15) is 39.5 Å². The Labute approximate surface area is 625 Å². The molecule has 0 saturated carbocycles. The Kier molecular flexibility index (Phi) is 25.4. The number of anilines is 3. The summed E-state index contributed by atoms with van der Waals surface area (Å²) >= 11 is 5.95. The summed E-state index contributed by atoms with van der Waals surface area (Å²) in [6, 6.07) is 38.2. The lowest BCUT2D eigenvalue weighted by Gasteiger charge is -2.14. The first kappa shape index (κ1) is 81.0. The third kappa shape index (κ3) is 19.8. The fourth-order valence-electron chi connectivity index (χ4n) is 11.6. The highest BCUT2D eigenvalue weighted by atomic mass is 35.5. The SMILES string of the molecule is C/C=C/B(O)O.C/C=C/c1cc2c(cn1)cc(-c1cc(NC(=O)c3cccc(C(F)(F)F)c3)ccc1C)c(=O)n2C.CCCc1cc2c(cn1)cc(-c1cc(NC(=O)c3cccc(C(F)(F)F)c3)ccc1C)c(=O)n2C.Cc1ccc(NC(=O)c2cccc(C(F)(F)F)c2)cc1-c1cc2cnc(Cl)cc2n(C)c1=O.[HH]. The standard InChI is InChI=1S/C27H24F3N3O2.C27H22F3N3O2.C24H17ClF3N3O2.C3H7BO2.H2/c2*1-4-6-20-14-24-18(15-31-20)12-23(26(35)33(24)3)22-13-21(10-9-16(22)2)32-25(34)17-7-5-8-19(11-17)27(28,29)30;1-13-6-7-17(30-22(32)14-4-3-5-16(8-14)24(26,27)28)10-18(13)19-9-15-12-29-21(25)11-20(15)31(2)23(19)33;1-2-3-4(5)6;/h5,7-15H,4,6H2,1-3H3,(H,32,34);4-15H,1-3H3,(H,32,34);3-12H,1-2H3,(H,30,32);2-3,5-6H,1H3;1H/b;6-4+;;3-2+;. The van der Waals surface area contributed by atoms with Crippen molar-refractivity contribution in [2.45, 2.75) is 72.9 Å². The van der Waals surface area contributed by atoms with E-state index >= 15 is 0 Å². The van der Waals surface area contributed by atoms with Crippen LogP contribution in [0.4, 0.5) is 56.6 Å². The number of benzene rings is 6. The van der Waals surface area contributed by atoms with Crippen LogP contribution in [0.15, 0.2) is 215 Å². The van der Waals surface area contributed by atoms with E-state index in [2.05, 4.69) is 37.8 Å². The molecule has 17 nitrogen and oxygen atoms in total. The van der Waals surface area contributed by atoms with Gasteiger partial charge in [0.05, 0.1) is 38.9 Å². The van der Waals surface area contributed by atoms with Crippen molar-refractivity contribution in [2.75, 3.05) is 16.0 Å². The minimum atomic E-state index is -4.55. The number of amides is 3. The van der Waals surface area contributed by atoms with Gasteiger partial charge in [-0.1, -0.05) is 79.5 Å². The van der Waals surface area contributed by atoms with Crippen molar-refractivity contribution >= 4 is 92.3 Å². The molecule has 12 rings (SSSR count). The highest BCUT2D eigenvalue weighted by molar-refractivity contribution is 6.47. The van der Waals surface area contributed by atoms with Crippen LogP contribution >= 0.6 is 11.6 Å². The molecule has 12 aromatic rings. The Hall–Kier alpha value is -12.1. The number of carbonyl (C=O) groups is 3. The predicted octanol–water partition coefficient (Wildman–Crippen LogP) is 18.0. The largest absolute Gasteiger partial charge is 0.480 e.